The van der Waals surface area contributed by atoms with Crippen LogP contribution in [0.2, 0.25) is 0 Å². The van der Waals surface area contributed by atoms with Crippen molar-refractivity contribution >= 4 is 22.8 Å². The van der Waals surface area contributed by atoms with E-state index in [9.17, 15) is 21.8 Å². The molecule has 2 aromatic carbocycles. The van der Waals surface area contributed by atoms with Gasteiger partial charge in [-0.3, -0.25) is 0 Å². The lowest BCUT2D eigenvalue weighted by atomic mass is 10.1. The third-order valence-electron chi connectivity index (χ3n) is 4.13. The first kappa shape index (κ1) is 22.9. The van der Waals surface area contributed by atoms with E-state index in [4.69, 9.17) is 4.74 Å². The van der Waals surface area contributed by atoms with Crippen molar-refractivity contribution in [3.8, 4) is 11.5 Å². The number of hydrogen-bond acceptors (Lipinski definition) is 3. The molecule has 2 aromatic rings. The van der Waals surface area contributed by atoms with E-state index >= 15 is 0 Å². The average Bonchev–Trinajstić information content (AvgIpc) is 2.68. The summed E-state index contributed by atoms with van der Waals surface area (Å²) in [5.41, 5.74) is 2.32. The van der Waals surface area contributed by atoms with E-state index in [-0.39, 0.29) is 5.75 Å². The fourth-order valence-corrected chi connectivity index (χ4v) is 3.19. The molecule has 158 valence electrons. The van der Waals surface area contributed by atoms with Gasteiger partial charge in [-0.1, -0.05) is 6.07 Å². The monoisotopic (exact) mass is 430 g/mol. The van der Waals surface area contributed by atoms with Crippen LogP contribution in [0.1, 0.15) is 18.1 Å². The molecule has 0 aromatic heterocycles. The number of aliphatic imine (C=N–C) groups is 1. The van der Waals surface area contributed by atoms with Crippen LogP contribution in [0.15, 0.2) is 46.3 Å². The third-order valence-corrected chi connectivity index (χ3v) is 5.49. The first-order valence-corrected chi connectivity index (χ1v) is 9.92. The molecule has 0 bridgehead atoms. The quantitative estimate of drug-likeness (QED) is 0.308. The fraction of sp³-hybridized carbons (Fsp3) is 0.350. The Morgan fingerprint density at radius 2 is 1.90 bits per heavy atom. The standard InChI is InChI=1S/C20H22F4N2O2S/c1-5-26(4)12-25-17-9-14(3)18(10-13(17)2)28-15-7-6-8-16(11-15)29(27)20(23,24)19(21)22/h6-12,19H,5H2,1-4H3. The SMILES string of the molecule is CCN(C)C=Nc1cc(C)c(Oc2cccc(S(=O)C(F)(F)C(F)F)c2)cc1C. The Morgan fingerprint density at radius 1 is 1.21 bits per heavy atom. The molecule has 9 heteroatoms. The molecule has 0 saturated carbocycles. The molecule has 4 nitrogen and oxygen atoms in total. The maximum absolute atomic E-state index is 13.4. The summed E-state index contributed by atoms with van der Waals surface area (Å²) in [6, 6.07) is 8.52. The minimum absolute atomic E-state index is 0.116. The summed E-state index contributed by atoms with van der Waals surface area (Å²) in [6.07, 6.45) is -2.32. The molecule has 29 heavy (non-hydrogen) atoms. The Bertz CT molecular complexity index is 919. The van der Waals surface area contributed by atoms with E-state index in [1.54, 1.807) is 19.3 Å². The number of ether oxygens (including phenoxy) is 1. The molecule has 0 spiro atoms. The summed E-state index contributed by atoms with van der Waals surface area (Å²) < 4.78 is 69.3. The van der Waals surface area contributed by atoms with Crippen molar-refractivity contribution in [2.45, 2.75) is 37.3 Å². The van der Waals surface area contributed by atoms with E-state index in [1.165, 1.54) is 12.1 Å². The van der Waals surface area contributed by atoms with Crippen LogP contribution in [-0.4, -0.2) is 40.7 Å². The van der Waals surface area contributed by atoms with Gasteiger partial charge in [0.25, 0.3) is 0 Å². The summed E-state index contributed by atoms with van der Waals surface area (Å²) in [6.45, 7) is 6.45. The normalized spacial score (nSPS) is 13.1. The lowest BCUT2D eigenvalue weighted by molar-refractivity contribution is -0.0602. The van der Waals surface area contributed by atoms with Gasteiger partial charge in [-0.25, -0.2) is 18.0 Å². The Hall–Kier alpha value is -2.42. The van der Waals surface area contributed by atoms with E-state index in [0.29, 0.717) is 5.75 Å². The molecule has 0 aliphatic carbocycles. The van der Waals surface area contributed by atoms with E-state index in [2.05, 4.69) is 4.99 Å². The molecule has 0 fully saturated rings. The van der Waals surface area contributed by atoms with Gasteiger partial charge < -0.3 is 9.64 Å². The van der Waals surface area contributed by atoms with Crippen molar-refractivity contribution in [3.63, 3.8) is 0 Å². The van der Waals surface area contributed by atoms with Crippen LogP contribution in [-0.2, 0) is 10.8 Å². The number of alkyl halides is 4. The minimum Gasteiger partial charge on any atom is -0.457 e. The van der Waals surface area contributed by atoms with Gasteiger partial charge in [0, 0.05) is 18.5 Å². The van der Waals surface area contributed by atoms with Crippen molar-refractivity contribution in [1.82, 2.24) is 4.90 Å². The minimum atomic E-state index is -4.64. The van der Waals surface area contributed by atoms with Crippen LogP contribution in [0, 0.1) is 13.8 Å². The van der Waals surface area contributed by atoms with Gasteiger partial charge in [0.15, 0.2) is 0 Å². The molecule has 0 aliphatic rings. The van der Waals surface area contributed by atoms with E-state index in [0.717, 1.165) is 35.5 Å². The topological polar surface area (TPSA) is 41.9 Å². The highest BCUT2D eigenvalue weighted by molar-refractivity contribution is 7.86. The Morgan fingerprint density at radius 3 is 2.52 bits per heavy atom. The number of benzene rings is 2. The van der Waals surface area contributed by atoms with Crippen molar-refractivity contribution in [3.05, 3.63) is 47.5 Å². The molecule has 1 atom stereocenters. The highest BCUT2D eigenvalue weighted by atomic mass is 32.2. The lowest BCUT2D eigenvalue weighted by Gasteiger charge is -2.16. The van der Waals surface area contributed by atoms with Gasteiger partial charge in [0.2, 0.25) is 0 Å². The molecular formula is C20H22F4N2O2S. The first-order chi connectivity index (χ1) is 13.6. The fourth-order valence-electron chi connectivity index (χ4n) is 2.28. The zero-order valence-electron chi connectivity index (χ0n) is 16.5. The largest absolute Gasteiger partial charge is 0.457 e. The zero-order valence-corrected chi connectivity index (χ0v) is 17.3. The van der Waals surface area contributed by atoms with Gasteiger partial charge in [-0.15, -0.1) is 0 Å². The summed E-state index contributed by atoms with van der Waals surface area (Å²) in [4.78, 5) is 5.89. The molecule has 2 rings (SSSR count). The van der Waals surface area contributed by atoms with Crippen LogP contribution in [0.5, 0.6) is 11.5 Å². The summed E-state index contributed by atoms with van der Waals surface area (Å²) in [5.74, 6) is 0.569. The van der Waals surface area contributed by atoms with Crippen molar-refractivity contribution in [2.75, 3.05) is 13.6 Å². The predicted octanol–water partition coefficient (Wildman–Crippen LogP) is 5.67. The number of hydrogen-bond donors (Lipinski definition) is 0. The van der Waals surface area contributed by atoms with Crippen molar-refractivity contribution < 1.29 is 26.5 Å². The lowest BCUT2D eigenvalue weighted by Crippen LogP contribution is -2.31. The summed E-state index contributed by atoms with van der Waals surface area (Å²) in [7, 11) is -1.30. The van der Waals surface area contributed by atoms with E-state index in [1.807, 2.05) is 31.9 Å². The smallest absolute Gasteiger partial charge is 0.384 e. The zero-order chi connectivity index (χ0) is 21.8. The summed E-state index contributed by atoms with van der Waals surface area (Å²) >= 11 is 0. The number of halogens is 4. The predicted molar refractivity (Wildman–Crippen MR) is 106 cm³/mol. The second kappa shape index (κ2) is 9.39. The van der Waals surface area contributed by atoms with Crippen LogP contribution in [0.3, 0.4) is 0 Å². The van der Waals surface area contributed by atoms with Crippen LogP contribution in [0.25, 0.3) is 0 Å². The average molecular weight is 430 g/mol. The van der Waals surface area contributed by atoms with Gasteiger partial charge in [0.05, 0.1) is 12.0 Å². The summed E-state index contributed by atoms with van der Waals surface area (Å²) in [5, 5.41) is -4.64. The number of nitrogens with zero attached hydrogens (tertiary/aromatic N) is 2. The third kappa shape index (κ3) is 5.56. The van der Waals surface area contributed by atoms with Gasteiger partial charge in [-0.2, -0.15) is 8.78 Å². The molecule has 1 unspecified atom stereocenters. The molecule has 0 aliphatic heterocycles. The highest BCUT2D eigenvalue weighted by Crippen LogP contribution is 2.35. The van der Waals surface area contributed by atoms with Crippen LogP contribution < -0.4 is 4.74 Å². The van der Waals surface area contributed by atoms with Gasteiger partial charge >= 0.3 is 11.7 Å². The second-order valence-electron chi connectivity index (χ2n) is 6.43. The first-order valence-electron chi connectivity index (χ1n) is 8.77. The number of aryl methyl sites for hydroxylation is 2. The molecule has 0 saturated heterocycles. The van der Waals surface area contributed by atoms with Gasteiger partial charge in [0.1, 0.15) is 22.3 Å². The Labute approximate surface area is 169 Å². The molecule has 0 heterocycles. The highest BCUT2D eigenvalue weighted by Gasteiger charge is 2.48. The van der Waals surface area contributed by atoms with Crippen LogP contribution in [0.4, 0.5) is 23.2 Å². The maximum atomic E-state index is 13.4. The van der Waals surface area contributed by atoms with Crippen LogP contribution >= 0.6 is 0 Å². The van der Waals surface area contributed by atoms with Gasteiger partial charge in [-0.05, 0) is 62.2 Å². The Balaban J connectivity index is 2.28. The number of rotatable bonds is 8. The molecule has 0 N–H and O–H groups in total. The van der Waals surface area contributed by atoms with Crippen molar-refractivity contribution in [1.29, 1.82) is 0 Å². The molecule has 0 radical (unpaired) electrons. The molecular weight excluding hydrogens is 408 g/mol. The maximum Gasteiger partial charge on any atom is 0.384 e. The van der Waals surface area contributed by atoms with E-state index < -0.39 is 27.4 Å². The van der Waals surface area contributed by atoms with Crippen molar-refractivity contribution in [2.24, 2.45) is 4.99 Å². The second-order valence-corrected chi connectivity index (χ2v) is 7.98. The molecule has 0 amide bonds. The Kier molecular flexibility index (Phi) is 7.40.